The standard InChI is InChI=1S/C19H21N3O7S/c1-3-28-15(23)7-8-21-30(26,27)11-5-6-14-12(9-11)16-13(19(25)29-4-2)10-20-17(16)18(24)22-14/h5-6,9-10,20-21H,3-4,7-8H2,1-2H3,(H,22,24). The quantitative estimate of drug-likeness (QED) is 0.453. The second-order valence-corrected chi connectivity index (χ2v) is 8.05. The molecule has 0 aliphatic rings. The maximum absolute atomic E-state index is 12.6. The summed E-state index contributed by atoms with van der Waals surface area (Å²) in [6.07, 6.45) is 1.25. The zero-order valence-corrected chi connectivity index (χ0v) is 17.2. The van der Waals surface area contributed by atoms with Crippen molar-refractivity contribution in [2.24, 2.45) is 0 Å². The third-order valence-electron chi connectivity index (χ3n) is 4.35. The zero-order chi connectivity index (χ0) is 21.9. The molecule has 160 valence electrons. The molecule has 0 unspecified atom stereocenters. The molecule has 0 spiro atoms. The van der Waals surface area contributed by atoms with E-state index in [1.165, 1.54) is 24.4 Å². The number of pyridine rings is 1. The molecule has 0 radical (unpaired) electrons. The summed E-state index contributed by atoms with van der Waals surface area (Å²) in [4.78, 5) is 41.3. The predicted molar refractivity (Wildman–Crippen MR) is 109 cm³/mol. The molecule has 11 heteroatoms. The van der Waals surface area contributed by atoms with E-state index in [0.717, 1.165) is 0 Å². The Labute approximate surface area is 171 Å². The van der Waals surface area contributed by atoms with Gasteiger partial charge in [-0.1, -0.05) is 0 Å². The lowest BCUT2D eigenvalue weighted by Crippen LogP contribution is -2.26. The summed E-state index contributed by atoms with van der Waals surface area (Å²) in [6, 6.07) is 4.13. The van der Waals surface area contributed by atoms with Gasteiger partial charge in [0.05, 0.1) is 30.1 Å². The summed E-state index contributed by atoms with van der Waals surface area (Å²) in [5, 5.41) is 0.637. The number of H-pyrrole nitrogens is 2. The van der Waals surface area contributed by atoms with Crippen LogP contribution in [0.3, 0.4) is 0 Å². The van der Waals surface area contributed by atoms with Crippen molar-refractivity contribution < 1.29 is 27.5 Å². The van der Waals surface area contributed by atoms with Crippen LogP contribution < -0.4 is 10.3 Å². The maximum Gasteiger partial charge on any atom is 0.340 e. The molecule has 3 N–H and O–H groups in total. The number of sulfonamides is 1. The van der Waals surface area contributed by atoms with Crippen LogP contribution in [-0.4, -0.2) is 50.1 Å². The van der Waals surface area contributed by atoms with Gasteiger partial charge in [-0.25, -0.2) is 17.9 Å². The minimum Gasteiger partial charge on any atom is -0.466 e. The van der Waals surface area contributed by atoms with Gasteiger partial charge in [-0.05, 0) is 32.0 Å². The van der Waals surface area contributed by atoms with Gasteiger partial charge in [0.15, 0.2) is 0 Å². The number of nitrogens with one attached hydrogen (secondary N) is 3. The zero-order valence-electron chi connectivity index (χ0n) is 16.4. The molecule has 3 rings (SSSR count). The van der Waals surface area contributed by atoms with Gasteiger partial charge >= 0.3 is 11.9 Å². The van der Waals surface area contributed by atoms with Crippen LogP contribution in [0.25, 0.3) is 21.8 Å². The van der Waals surface area contributed by atoms with E-state index < -0.39 is 27.5 Å². The number of aromatic nitrogens is 2. The molecule has 0 fully saturated rings. The van der Waals surface area contributed by atoms with E-state index in [1.54, 1.807) is 13.8 Å². The Balaban J connectivity index is 2.04. The Morgan fingerprint density at radius 1 is 1.13 bits per heavy atom. The highest BCUT2D eigenvalue weighted by atomic mass is 32.2. The summed E-state index contributed by atoms with van der Waals surface area (Å²) < 4.78 is 37.4. The Morgan fingerprint density at radius 3 is 2.57 bits per heavy atom. The maximum atomic E-state index is 12.6. The largest absolute Gasteiger partial charge is 0.466 e. The van der Waals surface area contributed by atoms with Crippen molar-refractivity contribution in [2.45, 2.75) is 25.2 Å². The molecule has 0 bridgehead atoms. The molecule has 0 amide bonds. The van der Waals surface area contributed by atoms with Crippen LogP contribution >= 0.6 is 0 Å². The predicted octanol–water partition coefficient (Wildman–Crippen LogP) is 1.42. The summed E-state index contributed by atoms with van der Waals surface area (Å²) in [5.41, 5.74) is 0.183. The third-order valence-corrected chi connectivity index (χ3v) is 5.81. The van der Waals surface area contributed by atoms with Crippen molar-refractivity contribution in [3.63, 3.8) is 0 Å². The number of aromatic amines is 2. The van der Waals surface area contributed by atoms with Gasteiger partial charge in [0.25, 0.3) is 5.56 Å². The molecule has 3 aromatic rings. The fourth-order valence-corrected chi connectivity index (χ4v) is 4.10. The Bertz CT molecular complexity index is 1270. The monoisotopic (exact) mass is 435 g/mol. The summed E-state index contributed by atoms with van der Waals surface area (Å²) >= 11 is 0. The minimum atomic E-state index is -3.94. The molecule has 2 heterocycles. The average Bonchev–Trinajstić information content (AvgIpc) is 3.14. The lowest BCUT2D eigenvalue weighted by Gasteiger charge is -2.09. The molecular formula is C19H21N3O7S. The first-order valence-corrected chi connectivity index (χ1v) is 10.8. The van der Waals surface area contributed by atoms with Crippen LogP contribution in [0, 0.1) is 0 Å². The molecule has 30 heavy (non-hydrogen) atoms. The van der Waals surface area contributed by atoms with Crippen molar-refractivity contribution in [2.75, 3.05) is 19.8 Å². The second-order valence-electron chi connectivity index (χ2n) is 6.29. The van der Waals surface area contributed by atoms with Crippen LogP contribution in [0.15, 0.2) is 34.1 Å². The molecule has 0 saturated carbocycles. The van der Waals surface area contributed by atoms with E-state index in [0.29, 0.717) is 10.9 Å². The Kier molecular flexibility index (Phi) is 6.22. The van der Waals surface area contributed by atoms with E-state index in [1.807, 2.05) is 0 Å². The third kappa shape index (κ3) is 4.21. The first-order chi connectivity index (χ1) is 14.3. The summed E-state index contributed by atoms with van der Waals surface area (Å²) in [5.74, 6) is -1.14. The number of hydrogen-bond donors (Lipinski definition) is 3. The molecule has 2 aromatic heterocycles. The second kappa shape index (κ2) is 8.67. The fourth-order valence-electron chi connectivity index (χ4n) is 3.05. The van der Waals surface area contributed by atoms with Gasteiger partial charge in [-0.2, -0.15) is 0 Å². The minimum absolute atomic E-state index is 0.0804. The smallest absolute Gasteiger partial charge is 0.340 e. The first-order valence-electron chi connectivity index (χ1n) is 9.28. The van der Waals surface area contributed by atoms with Crippen LogP contribution in [0.1, 0.15) is 30.6 Å². The number of carbonyl (C=O) groups excluding carboxylic acids is 2. The van der Waals surface area contributed by atoms with E-state index in [9.17, 15) is 22.8 Å². The van der Waals surface area contributed by atoms with E-state index in [2.05, 4.69) is 14.7 Å². The number of benzene rings is 1. The Morgan fingerprint density at radius 2 is 1.87 bits per heavy atom. The number of esters is 2. The summed E-state index contributed by atoms with van der Waals surface area (Å²) in [7, 11) is -3.94. The number of hydrogen-bond acceptors (Lipinski definition) is 7. The molecule has 0 atom stereocenters. The SMILES string of the molecule is CCOC(=O)CCNS(=O)(=O)c1ccc2[nH]c(=O)c3[nH]cc(C(=O)OCC)c3c2c1. The van der Waals surface area contributed by atoms with Crippen LogP contribution in [-0.2, 0) is 24.3 Å². The van der Waals surface area contributed by atoms with Crippen molar-refractivity contribution >= 4 is 43.8 Å². The van der Waals surface area contributed by atoms with Gasteiger partial charge in [-0.3, -0.25) is 9.59 Å². The Hall–Kier alpha value is -3.18. The van der Waals surface area contributed by atoms with Crippen LogP contribution in [0.4, 0.5) is 0 Å². The molecule has 0 aliphatic carbocycles. The van der Waals surface area contributed by atoms with Gasteiger partial charge < -0.3 is 19.4 Å². The van der Waals surface area contributed by atoms with Crippen LogP contribution in [0.2, 0.25) is 0 Å². The summed E-state index contributed by atoms with van der Waals surface area (Å²) in [6.45, 7) is 3.55. The number of carbonyl (C=O) groups is 2. The molecular weight excluding hydrogens is 414 g/mol. The lowest BCUT2D eigenvalue weighted by molar-refractivity contribution is -0.142. The highest BCUT2D eigenvalue weighted by molar-refractivity contribution is 7.89. The number of rotatable bonds is 8. The lowest BCUT2D eigenvalue weighted by atomic mass is 10.1. The highest BCUT2D eigenvalue weighted by Crippen LogP contribution is 2.27. The molecule has 1 aromatic carbocycles. The van der Waals surface area contributed by atoms with Crippen molar-refractivity contribution in [3.05, 3.63) is 40.3 Å². The van der Waals surface area contributed by atoms with E-state index in [4.69, 9.17) is 9.47 Å². The first kappa shape index (κ1) is 21.5. The van der Waals surface area contributed by atoms with Gasteiger partial charge in [0.2, 0.25) is 10.0 Å². The molecule has 10 nitrogen and oxygen atoms in total. The molecule has 0 aliphatic heterocycles. The van der Waals surface area contributed by atoms with Gasteiger partial charge in [-0.15, -0.1) is 0 Å². The van der Waals surface area contributed by atoms with E-state index >= 15 is 0 Å². The fraction of sp³-hybridized carbons (Fsp3) is 0.316. The normalized spacial score (nSPS) is 11.7. The van der Waals surface area contributed by atoms with Crippen molar-refractivity contribution in [1.82, 2.24) is 14.7 Å². The van der Waals surface area contributed by atoms with Crippen molar-refractivity contribution in [3.8, 4) is 0 Å². The van der Waals surface area contributed by atoms with E-state index in [-0.39, 0.29) is 47.5 Å². The highest BCUT2D eigenvalue weighted by Gasteiger charge is 2.21. The van der Waals surface area contributed by atoms with Crippen LogP contribution in [0.5, 0.6) is 0 Å². The average molecular weight is 435 g/mol. The van der Waals surface area contributed by atoms with Gasteiger partial charge in [0, 0.05) is 29.0 Å². The van der Waals surface area contributed by atoms with Crippen molar-refractivity contribution in [1.29, 1.82) is 0 Å². The molecule has 0 saturated heterocycles. The number of ether oxygens (including phenoxy) is 2. The number of fused-ring (bicyclic) bond motifs is 3. The topological polar surface area (TPSA) is 147 Å². The van der Waals surface area contributed by atoms with Gasteiger partial charge in [0.1, 0.15) is 5.52 Å².